The number of alkyl halides is 3. The van der Waals surface area contributed by atoms with Gasteiger partial charge in [-0.05, 0) is 17.7 Å². The Kier molecular flexibility index (Phi) is 3.16. The van der Waals surface area contributed by atoms with Crippen LogP contribution in [-0.4, -0.2) is 16.3 Å². The molecule has 2 atom stereocenters. The number of halogens is 3. The molecule has 24 heavy (non-hydrogen) atoms. The second-order valence-corrected chi connectivity index (χ2v) is 5.66. The Balaban J connectivity index is 1.87. The molecule has 0 bridgehead atoms. The zero-order valence-corrected chi connectivity index (χ0v) is 12.3. The highest BCUT2D eigenvalue weighted by Gasteiger charge is 2.62. The van der Waals surface area contributed by atoms with E-state index in [0.29, 0.717) is 11.2 Å². The summed E-state index contributed by atoms with van der Waals surface area (Å²) in [7, 11) is 0. The molecule has 0 saturated heterocycles. The van der Waals surface area contributed by atoms with Gasteiger partial charge in [-0.15, -0.1) is 0 Å². The molecule has 1 aliphatic rings. The summed E-state index contributed by atoms with van der Waals surface area (Å²) in [5.74, 6) is -3.33. The van der Waals surface area contributed by atoms with E-state index in [1.807, 2.05) is 12.1 Å². The zero-order valence-electron chi connectivity index (χ0n) is 12.3. The van der Waals surface area contributed by atoms with Gasteiger partial charge in [0.15, 0.2) is 0 Å². The lowest BCUT2D eigenvalue weighted by Crippen LogP contribution is -2.42. The van der Waals surface area contributed by atoms with E-state index in [2.05, 4.69) is 4.98 Å². The molecule has 3 nitrogen and oxygen atoms in total. The number of hydrogen-bond acceptors (Lipinski definition) is 3. The van der Waals surface area contributed by atoms with E-state index in [-0.39, 0.29) is 11.1 Å². The molecule has 122 valence electrons. The minimum Gasteiger partial charge on any atom is -0.355 e. The number of aliphatic hydroxyl groups is 1. The van der Waals surface area contributed by atoms with Crippen molar-refractivity contribution < 1.29 is 23.0 Å². The lowest BCUT2D eigenvalue weighted by molar-refractivity contribution is -0.375. The lowest BCUT2D eigenvalue weighted by Gasteiger charge is -2.26. The summed E-state index contributed by atoms with van der Waals surface area (Å²) in [5.41, 5.74) is 0.942. The highest BCUT2D eigenvalue weighted by atomic mass is 19.4. The van der Waals surface area contributed by atoms with Crippen molar-refractivity contribution in [3.05, 3.63) is 77.5 Å². The topological polar surface area (TPSA) is 42.4 Å². The normalized spacial score (nSPS) is 23.4. The van der Waals surface area contributed by atoms with Crippen LogP contribution in [0.15, 0.2) is 60.7 Å². The Bertz CT molecular complexity index is 925. The molecule has 1 aliphatic heterocycles. The van der Waals surface area contributed by atoms with Gasteiger partial charge in [0.1, 0.15) is 6.10 Å². The lowest BCUT2D eigenvalue weighted by atomic mass is 9.98. The number of aromatic nitrogens is 1. The van der Waals surface area contributed by atoms with Crippen molar-refractivity contribution in [2.75, 3.05) is 0 Å². The van der Waals surface area contributed by atoms with E-state index >= 15 is 0 Å². The fourth-order valence-corrected chi connectivity index (χ4v) is 3.00. The summed E-state index contributed by atoms with van der Waals surface area (Å²) in [6, 6.07) is 16.5. The molecule has 0 fully saturated rings. The first kappa shape index (κ1) is 15.1. The Hall–Kier alpha value is -2.44. The molecule has 0 saturated carbocycles. The molecule has 2 aromatic carbocycles. The van der Waals surface area contributed by atoms with Crippen LogP contribution in [-0.2, 0) is 10.5 Å². The van der Waals surface area contributed by atoms with Crippen LogP contribution in [0.25, 0.3) is 10.9 Å². The van der Waals surface area contributed by atoms with E-state index in [1.54, 1.807) is 30.3 Å². The average molecular weight is 331 g/mol. The molecule has 2 heterocycles. The van der Waals surface area contributed by atoms with Crippen molar-refractivity contribution in [3.63, 3.8) is 0 Å². The Morgan fingerprint density at radius 1 is 0.958 bits per heavy atom. The predicted octanol–water partition coefficient (Wildman–Crippen LogP) is 4.06. The van der Waals surface area contributed by atoms with E-state index < -0.39 is 18.1 Å². The van der Waals surface area contributed by atoms with Gasteiger partial charge < -0.3 is 9.84 Å². The van der Waals surface area contributed by atoms with Gasteiger partial charge in [-0.3, -0.25) is 0 Å². The third-order valence-electron chi connectivity index (χ3n) is 4.17. The smallest absolute Gasteiger partial charge is 0.355 e. The number of rotatable bonds is 1. The van der Waals surface area contributed by atoms with Gasteiger partial charge in [0.25, 0.3) is 5.79 Å². The number of nitrogens with zero attached hydrogens (tertiary/aromatic N) is 1. The summed E-state index contributed by atoms with van der Waals surface area (Å²) in [4.78, 5) is 4.40. The van der Waals surface area contributed by atoms with Crippen LogP contribution in [0.4, 0.5) is 13.2 Å². The van der Waals surface area contributed by atoms with Crippen LogP contribution >= 0.6 is 0 Å². The Morgan fingerprint density at radius 2 is 1.67 bits per heavy atom. The van der Waals surface area contributed by atoms with Gasteiger partial charge in [0, 0.05) is 10.9 Å². The largest absolute Gasteiger partial charge is 0.448 e. The van der Waals surface area contributed by atoms with Crippen molar-refractivity contribution in [1.29, 1.82) is 0 Å². The number of para-hydroxylation sites is 1. The number of ether oxygens (including phenoxy) is 1. The number of hydrogen-bond donors (Lipinski definition) is 1. The van der Waals surface area contributed by atoms with Crippen molar-refractivity contribution >= 4 is 10.9 Å². The van der Waals surface area contributed by atoms with Gasteiger partial charge >= 0.3 is 6.18 Å². The first-order valence-corrected chi connectivity index (χ1v) is 7.32. The number of benzene rings is 2. The average Bonchev–Trinajstić information content (AvgIpc) is 2.89. The van der Waals surface area contributed by atoms with Gasteiger partial charge in [0.05, 0.1) is 11.2 Å². The highest BCUT2D eigenvalue weighted by molar-refractivity contribution is 5.78. The summed E-state index contributed by atoms with van der Waals surface area (Å²) >= 11 is 0. The highest BCUT2D eigenvalue weighted by Crippen LogP contribution is 2.52. The van der Waals surface area contributed by atoms with Crippen LogP contribution in [0.5, 0.6) is 0 Å². The van der Waals surface area contributed by atoms with Gasteiger partial charge in [-0.2, -0.15) is 13.2 Å². The van der Waals surface area contributed by atoms with Crippen LogP contribution in [0.3, 0.4) is 0 Å². The van der Waals surface area contributed by atoms with Gasteiger partial charge in [-0.25, -0.2) is 4.98 Å². The van der Waals surface area contributed by atoms with Crippen molar-refractivity contribution in [2.24, 2.45) is 0 Å². The number of fused-ring (bicyclic) bond motifs is 2. The maximum absolute atomic E-state index is 13.4. The molecule has 0 amide bonds. The standard InChI is InChI=1S/C18H12F3NO2/c19-18(20,21)17(23)13-7-3-2-6-12(13)16(24-17)15-10-9-11-5-1-4-8-14(11)22-15/h1-10,16,23H. The monoisotopic (exact) mass is 331 g/mol. The summed E-state index contributed by atoms with van der Waals surface area (Å²) in [5, 5.41) is 11.0. The molecule has 3 aromatic rings. The van der Waals surface area contributed by atoms with E-state index in [9.17, 15) is 18.3 Å². The quantitative estimate of drug-likeness (QED) is 0.731. The van der Waals surface area contributed by atoms with Crippen LogP contribution in [0.2, 0.25) is 0 Å². The predicted molar refractivity (Wildman–Crippen MR) is 81.1 cm³/mol. The summed E-state index contributed by atoms with van der Waals surface area (Å²) in [6.07, 6.45) is -6.04. The molecule has 2 unspecified atom stereocenters. The van der Waals surface area contributed by atoms with Gasteiger partial charge in [-0.1, -0.05) is 48.5 Å². The fraction of sp³-hybridized carbons (Fsp3) is 0.167. The molecule has 0 aliphatic carbocycles. The van der Waals surface area contributed by atoms with Crippen molar-refractivity contribution in [1.82, 2.24) is 4.98 Å². The molecular formula is C18H12F3NO2. The van der Waals surface area contributed by atoms with Crippen molar-refractivity contribution in [3.8, 4) is 0 Å². The minimum absolute atomic E-state index is 0.264. The van der Waals surface area contributed by atoms with Crippen LogP contribution < -0.4 is 0 Å². The first-order chi connectivity index (χ1) is 11.4. The Morgan fingerprint density at radius 3 is 2.46 bits per heavy atom. The van der Waals surface area contributed by atoms with E-state index in [4.69, 9.17) is 4.74 Å². The molecule has 0 radical (unpaired) electrons. The molecule has 4 rings (SSSR count). The third kappa shape index (κ3) is 2.11. The van der Waals surface area contributed by atoms with Gasteiger partial charge in [0.2, 0.25) is 0 Å². The second kappa shape index (κ2) is 5.03. The molecular weight excluding hydrogens is 319 g/mol. The van der Waals surface area contributed by atoms with Crippen molar-refractivity contribution in [2.45, 2.75) is 18.1 Å². The second-order valence-electron chi connectivity index (χ2n) is 5.66. The molecule has 6 heteroatoms. The molecule has 1 aromatic heterocycles. The first-order valence-electron chi connectivity index (χ1n) is 7.32. The maximum Gasteiger partial charge on any atom is 0.448 e. The van der Waals surface area contributed by atoms with Crippen LogP contribution in [0.1, 0.15) is 22.9 Å². The minimum atomic E-state index is -4.95. The van der Waals surface area contributed by atoms with E-state index in [0.717, 1.165) is 5.39 Å². The third-order valence-corrected chi connectivity index (χ3v) is 4.17. The summed E-state index contributed by atoms with van der Waals surface area (Å²) in [6.45, 7) is 0. The van der Waals surface area contributed by atoms with E-state index in [1.165, 1.54) is 18.2 Å². The fourth-order valence-electron chi connectivity index (χ4n) is 3.00. The Labute approximate surface area is 135 Å². The van der Waals surface area contributed by atoms with Crippen LogP contribution in [0, 0.1) is 0 Å². The SMILES string of the molecule is OC1(C(F)(F)F)OC(c2ccc3ccccc3n2)c2ccccc21. The number of pyridine rings is 1. The maximum atomic E-state index is 13.4. The zero-order chi connectivity index (χ0) is 16.9. The summed E-state index contributed by atoms with van der Waals surface area (Å²) < 4.78 is 45.2. The molecule has 1 N–H and O–H groups in total. The molecule has 0 spiro atoms.